The Morgan fingerprint density at radius 1 is 1.45 bits per heavy atom. The number of carbonyl (C=O) groups is 1. The third kappa shape index (κ3) is 4.32. The molecule has 0 fully saturated rings. The van der Waals surface area contributed by atoms with E-state index in [4.69, 9.17) is 11.6 Å². The van der Waals surface area contributed by atoms with E-state index in [1.807, 2.05) is 17.5 Å². The maximum absolute atomic E-state index is 11.9. The molecule has 1 amide bonds. The molecule has 0 aliphatic carbocycles. The molecule has 1 aromatic heterocycles. The summed E-state index contributed by atoms with van der Waals surface area (Å²) < 4.78 is 0. The highest BCUT2D eigenvalue weighted by molar-refractivity contribution is 7.09. The molecular formula is C15H17ClN2OS. The quantitative estimate of drug-likeness (QED) is 0.913. The van der Waals surface area contributed by atoms with E-state index in [0.29, 0.717) is 23.9 Å². The molecule has 2 aromatic rings. The van der Waals surface area contributed by atoms with E-state index in [0.717, 1.165) is 16.3 Å². The van der Waals surface area contributed by atoms with Crippen molar-refractivity contribution in [2.75, 3.05) is 0 Å². The highest BCUT2D eigenvalue weighted by atomic mass is 35.5. The van der Waals surface area contributed by atoms with Crippen LogP contribution in [0.4, 0.5) is 0 Å². The Bertz CT molecular complexity index is 595. The maximum Gasteiger partial charge on any atom is 0.224 e. The van der Waals surface area contributed by atoms with Crippen LogP contribution in [0.2, 0.25) is 5.02 Å². The summed E-state index contributed by atoms with van der Waals surface area (Å²) >= 11 is 7.53. The number of amides is 1. The molecule has 20 heavy (non-hydrogen) atoms. The molecule has 0 atom stereocenters. The van der Waals surface area contributed by atoms with E-state index >= 15 is 0 Å². The second-order valence-corrected chi connectivity index (χ2v) is 6.24. The van der Waals surface area contributed by atoms with Crippen LogP contribution >= 0.6 is 22.9 Å². The fraction of sp³-hybridized carbons (Fsp3) is 0.333. The van der Waals surface area contributed by atoms with Gasteiger partial charge in [-0.2, -0.15) is 0 Å². The number of benzene rings is 1. The number of nitrogens with one attached hydrogen (secondary N) is 1. The summed E-state index contributed by atoms with van der Waals surface area (Å²) in [7, 11) is 0. The largest absolute Gasteiger partial charge is 0.350 e. The highest BCUT2D eigenvalue weighted by Crippen LogP contribution is 2.19. The first-order valence-corrected chi connectivity index (χ1v) is 7.76. The number of thiazole rings is 1. The van der Waals surface area contributed by atoms with Gasteiger partial charge in [0.2, 0.25) is 5.91 Å². The minimum atomic E-state index is -0.0219. The van der Waals surface area contributed by atoms with E-state index in [1.165, 1.54) is 0 Å². The van der Waals surface area contributed by atoms with Crippen LogP contribution in [-0.2, 0) is 17.8 Å². The van der Waals surface area contributed by atoms with Crippen LogP contribution in [0.3, 0.4) is 0 Å². The SMILES string of the molecule is CC(C)c1nc(CNC(=O)Cc2cccc(Cl)c2)cs1. The van der Waals surface area contributed by atoms with Crippen LogP contribution in [0.1, 0.15) is 36.0 Å². The standard InChI is InChI=1S/C15H17ClN2OS/c1-10(2)15-18-13(9-20-15)8-17-14(19)7-11-4-3-5-12(16)6-11/h3-6,9-10H,7-8H2,1-2H3,(H,17,19). The molecular weight excluding hydrogens is 292 g/mol. The van der Waals surface area contributed by atoms with Crippen molar-refractivity contribution in [3.63, 3.8) is 0 Å². The smallest absolute Gasteiger partial charge is 0.224 e. The number of nitrogens with zero attached hydrogens (tertiary/aromatic N) is 1. The van der Waals surface area contributed by atoms with Crippen molar-refractivity contribution in [1.29, 1.82) is 0 Å². The molecule has 3 nitrogen and oxygen atoms in total. The topological polar surface area (TPSA) is 42.0 Å². The van der Waals surface area contributed by atoms with Gasteiger partial charge in [0.15, 0.2) is 0 Å². The first-order valence-electron chi connectivity index (χ1n) is 6.50. The molecule has 5 heteroatoms. The first-order chi connectivity index (χ1) is 9.54. The average molecular weight is 309 g/mol. The zero-order valence-corrected chi connectivity index (χ0v) is 13.1. The lowest BCUT2D eigenvalue weighted by Gasteiger charge is -2.04. The molecule has 0 spiro atoms. The summed E-state index contributed by atoms with van der Waals surface area (Å²) in [6.45, 7) is 4.70. The molecule has 1 aromatic carbocycles. The molecule has 1 heterocycles. The van der Waals surface area contributed by atoms with Crippen molar-refractivity contribution in [3.05, 3.63) is 50.9 Å². The van der Waals surface area contributed by atoms with Crippen LogP contribution in [0, 0.1) is 0 Å². The van der Waals surface area contributed by atoms with Crippen molar-refractivity contribution in [2.45, 2.75) is 32.7 Å². The molecule has 0 saturated carbocycles. The van der Waals surface area contributed by atoms with Crippen molar-refractivity contribution >= 4 is 28.8 Å². The van der Waals surface area contributed by atoms with Crippen molar-refractivity contribution < 1.29 is 4.79 Å². The lowest BCUT2D eigenvalue weighted by atomic mass is 10.1. The third-order valence-electron chi connectivity index (χ3n) is 2.78. The van der Waals surface area contributed by atoms with Crippen LogP contribution < -0.4 is 5.32 Å². The molecule has 0 aliphatic rings. The Morgan fingerprint density at radius 2 is 2.25 bits per heavy atom. The second-order valence-electron chi connectivity index (χ2n) is 4.92. The molecule has 0 bridgehead atoms. The predicted molar refractivity (Wildman–Crippen MR) is 83.2 cm³/mol. The third-order valence-corrected chi connectivity index (χ3v) is 4.21. The summed E-state index contributed by atoms with van der Waals surface area (Å²) in [6, 6.07) is 7.35. The molecule has 0 unspecified atom stereocenters. The van der Waals surface area contributed by atoms with Gasteiger partial charge in [-0.1, -0.05) is 37.6 Å². The summed E-state index contributed by atoms with van der Waals surface area (Å²) in [5.74, 6) is 0.405. The maximum atomic E-state index is 11.9. The fourth-order valence-corrected chi connectivity index (χ4v) is 2.80. The second kappa shape index (κ2) is 6.86. The molecule has 0 saturated heterocycles. The number of aromatic nitrogens is 1. The zero-order valence-electron chi connectivity index (χ0n) is 11.5. The summed E-state index contributed by atoms with van der Waals surface area (Å²) in [6.07, 6.45) is 0.335. The van der Waals surface area contributed by atoms with Gasteiger partial charge in [-0.3, -0.25) is 4.79 Å². The van der Waals surface area contributed by atoms with Gasteiger partial charge in [0.1, 0.15) is 0 Å². The number of halogens is 1. The predicted octanol–water partition coefficient (Wildman–Crippen LogP) is 3.78. The minimum absolute atomic E-state index is 0.0219. The number of hydrogen-bond donors (Lipinski definition) is 1. The van der Waals surface area contributed by atoms with Crippen LogP contribution in [0.5, 0.6) is 0 Å². The number of rotatable bonds is 5. The van der Waals surface area contributed by atoms with E-state index in [1.54, 1.807) is 23.5 Å². The lowest BCUT2D eigenvalue weighted by molar-refractivity contribution is -0.120. The van der Waals surface area contributed by atoms with Gasteiger partial charge in [-0.15, -0.1) is 11.3 Å². The Morgan fingerprint density at radius 3 is 2.90 bits per heavy atom. The lowest BCUT2D eigenvalue weighted by Crippen LogP contribution is -2.24. The Hall–Kier alpha value is -1.39. The van der Waals surface area contributed by atoms with E-state index in [-0.39, 0.29) is 5.91 Å². The first kappa shape index (κ1) is 15.0. The zero-order chi connectivity index (χ0) is 14.5. The van der Waals surface area contributed by atoms with Crippen LogP contribution in [0.25, 0.3) is 0 Å². The summed E-state index contributed by atoms with van der Waals surface area (Å²) in [5.41, 5.74) is 1.83. The van der Waals surface area contributed by atoms with Gasteiger partial charge in [-0.25, -0.2) is 4.98 Å². The van der Waals surface area contributed by atoms with E-state index in [2.05, 4.69) is 24.1 Å². The van der Waals surface area contributed by atoms with Gasteiger partial charge in [0, 0.05) is 16.3 Å². The fourth-order valence-electron chi connectivity index (χ4n) is 1.75. The van der Waals surface area contributed by atoms with Crippen molar-refractivity contribution in [1.82, 2.24) is 10.3 Å². The van der Waals surface area contributed by atoms with Gasteiger partial charge in [0.25, 0.3) is 0 Å². The molecule has 0 aliphatic heterocycles. The van der Waals surface area contributed by atoms with Crippen LogP contribution in [-0.4, -0.2) is 10.9 Å². The molecule has 1 N–H and O–H groups in total. The monoisotopic (exact) mass is 308 g/mol. The van der Waals surface area contributed by atoms with E-state index in [9.17, 15) is 4.79 Å². The normalized spacial score (nSPS) is 10.8. The van der Waals surface area contributed by atoms with Crippen molar-refractivity contribution in [3.8, 4) is 0 Å². The van der Waals surface area contributed by atoms with Crippen LogP contribution in [0.15, 0.2) is 29.6 Å². The van der Waals surface area contributed by atoms with Gasteiger partial charge in [-0.05, 0) is 17.7 Å². The van der Waals surface area contributed by atoms with E-state index < -0.39 is 0 Å². The molecule has 0 radical (unpaired) electrons. The summed E-state index contributed by atoms with van der Waals surface area (Å²) in [4.78, 5) is 16.3. The molecule has 2 rings (SSSR count). The molecule has 106 valence electrons. The highest BCUT2D eigenvalue weighted by Gasteiger charge is 2.08. The Balaban J connectivity index is 1.85. The Labute approximate surface area is 128 Å². The summed E-state index contributed by atoms with van der Waals surface area (Å²) in [5, 5.41) is 6.63. The number of carbonyl (C=O) groups excluding carboxylic acids is 1. The van der Waals surface area contributed by atoms with Gasteiger partial charge < -0.3 is 5.32 Å². The average Bonchev–Trinajstić information content (AvgIpc) is 2.85. The van der Waals surface area contributed by atoms with Gasteiger partial charge >= 0.3 is 0 Å². The number of hydrogen-bond acceptors (Lipinski definition) is 3. The van der Waals surface area contributed by atoms with Gasteiger partial charge in [0.05, 0.1) is 23.7 Å². The minimum Gasteiger partial charge on any atom is -0.350 e. The Kier molecular flexibility index (Phi) is 5.15. The van der Waals surface area contributed by atoms with Crippen molar-refractivity contribution in [2.24, 2.45) is 0 Å².